The first-order chi connectivity index (χ1) is 14.6. The quantitative estimate of drug-likeness (QED) is 0.737. The van der Waals surface area contributed by atoms with Crippen LogP contribution in [0, 0.1) is 11.3 Å². The lowest BCUT2D eigenvalue weighted by atomic mass is 9.70. The standard InChI is InChI=1S/C25H35N3O2/c26-21-12-6-2-7-13-25(14-8-3-9-15-25)24(30)27-22-18-28(23(21)29)17-20(22)16-19-10-4-1-5-11-19/h1-2,4-5,7,10-11,20-22H,3,6,8-9,12-18,26H2,(H,27,30)/b7-2+/t20-,21?,22+/m0/s1. The Balaban J connectivity index is 1.59. The van der Waals surface area contributed by atoms with Crippen LogP contribution < -0.4 is 11.1 Å². The average Bonchev–Trinajstić information content (AvgIpc) is 3.15. The zero-order chi connectivity index (χ0) is 21.0. The van der Waals surface area contributed by atoms with Crippen molar-refractivity contribution in [3.63, 3.8) is 0 Å². The molecule has 2 fully saturated rings. The third kappa shape index (κ3) is 4.61. The maximum atomic E-state index is 13.6. The van der Waals surface area contributed by atoms with Crippen LogP contribution in [0.2, 0.25) is 0 Å². The Morgan fingerprint density at radius 2 is 1.80 bits per heavy atom. The number of carbonyl (C=O) groups excluding carboxylic acids is 2. The van der Waals surface area contributed by atoms with Gasteiger partial charge in [-0.05, 0) is 44.1 Å². The highest BCUT2D eigenvalue weighted by Gasteiger charge is 2.43. The van der Waals surface area contributed by atoms with E-state index in [1.807, 2.05) is 23.1 Å². The number of nitrogens with zero attached hydrogens (tertiary/aromatic N) is 1. The molecule has 3 atom stereocenters. The van der Waals surface area contributed by atoms with Crippen LogP contribution in [-0.4, -0.2) is 41.9 Å². The summed E-state index contributed by atoms with van der Waals surface area (Å²) in [5.41, 5.74) is 7.19. The monoisotopic (exact) mass is 409 g/mol. The molecule has 1 aromatic rings. The van der Waals surface area contributed by atoms with Crippen molar-refractivity contribution in [1.82, 2.24) is 10.2 Å². The highest BCUT2D eigenvalue weighted by Crippen LogP contribution is 2.40. The molecule has 1 unspecified atom stereocenters. The fraction of sp³-hybridized carbons (Fsp3) is 0.600. The molecule has 3 aliphatic rings. The van der Waals surface area contributed by atoms with E-state index >= 15 is 0 Å². The fourth-order valence-corrected chi connectivity index (χ4v) is 5.47. The number of hydrogen-bond acceptors (Lipinski definition) is 3. The van der Waals surface area contributed by atoms with E-state index in [-0.39, 0.29) is 29.2 Å². The molecule has 4 rings (SSSR count). The average molecular weight is 410 g/mol. The summed E-state index contributed by atoms with van der Waals surface area (Å²) in [5.74, 6) is 0.421. The minimum absolute atomic E-state index is 0.0163. The molecule has 2 aliphatic heterocycles. The van der Waals surface area contributed by atoms with Crippen LogP contribution in [0.3, 0.4) is 0 Å². The normalized spacial score (nSPS) is 30.8. The van der Waals surface area contributed by atoms with Gasteiger partial charge < -0.3 is 16.0 Å². The van der Waals surface area contributed by atoms with Crippen molar-refractivity contribution in [3.8, 4) is 0 Å². The highest BCUT2D eigenvalue weighted by molar-refractivity contribution is 5.84. The number of fused-ring (bicyclic) bond motifs is 2. The van der Waals surface area contributed by atoms with E-state index in [1.54, 1.807) is 0 Å². The summed E-state index contributed by atoms with van der Waals surface area (Å²) in [5, 5.41) is 3.41. The Hall–Kier alpha value is -2.14. The zero-order valence-electron chi connectivity index (χ0n) is 17.9. The zero-order valence-corrected chi connectivity index (χ0v) is 17.9. The lowest BCUT2D eigenvalue weighted by Crippen LogP contribution is -2.50. The minimum atomic E-state index is -0.467. The smallest absolute Gasteiger partial charge is 0.239 e. The van der Waals surface area contributed by atoms with Crippen LogP contribution in [-0.2, 0) is 16.0 Å². The van der Waals surface area contributed by atoms with Gasteiger partial charge in [-0.1, -0.05) is 61.7 Å². The maximum absolute atomic E-state index is 13.6. The minimum Gasteiger partial charge on any atom is -0.351 e. The summed E-state index contributed by atoms with van der Waals surface area (Å²) in [4.78, 5) is 28.4. The van der Waals surface area contributed by atoms with Crippen molar-refractivity contribution < 1.29 is 9.59 Å². The second-order valence-electron chi connectivity index (χ2n) is 9.47. The van der Waals surface area contributed by atoms with Crippen molar-refractivity contribution in [1.29, 1.82) is 0 Å². The van der Waals surface area contributed by atoms with Gasteiger partial charge >= 0.3 is 0 Å². The molecule has 2 bridgehead atoms. The first-order valence-corrected chi connectivity index (χ1v) is 11.6. The van der Waals surface area contributed by atoms with Crippen molar-refractivity contribution in [2.75, 3.05) is 13.1 Å². The number of hydrogen-bond donors (Lipinski definition) is 2. The Labute approximate surface area is 180 Å². The molecular formula is C25H35N3O2. The number of benzene rings is 1. The third-order valence-corrected chi connectivity index (χ3v) is 7.34. The highest BCUT2D eigenvalue weighted by atomic mass is 16.2. The number of rotatable bonds is 2. The van der Waals surface area contributed by atoms with E-state index in [9.17, 15) is 9.59 Å². The topological polar surface area (TPSA) is 75.4 Å². The Kier molecular flexibility index (Phi) is 6.57. The van der Waals surface area contributed by atoms with Gasteiger partial charge in [-0.3, -0.25) is 9.59 Å². The first-order valence-electron chi connectivity index (χ1n) is 11.6. The maximum Gasteiger partial charge on any atom is 0.239 e. The van der Waals surface area contributed by atoms with E-state index in [1.165, 1.54) is 12.0 Å². The molecule has 2 heterocycles. The van der Waals surface area contributed by atoms with Gasteiger partial charge in [0.05, 0.1) is 17.5 Å². The summed E-state index contributed by atoms with van der Waals surface area (Å²) in [6.07, 6.45) is 12.7. The van der Waals surface area contributed by atoms with E-state index in [2.05, 4.69) is 29.6 Å². The molecule has 1 saturated carbocycles. The van der Waals surface area contributed by atoms with Crippen molar-refractivity contribution in [2.24, 2.45) is 17.1 Å². The lowest BCUT2D eigenvalue weighted by molar-refractivity contribution is -0.134. The number of amides is 2. The largest absolute Gasteiger partial charge is 0.351 e. The van der Waals surface area contributed by atoms with Crippen LogP contribution in [0.25, 0.3) is 0 Å². The number of nitrogens with one attached hydrogen (secondary N) is 1. The molecule has 3 N–H and O–H groups in total. The van der Waals surface area contributed by atoms with Gasteiger partial charge in [0, 0.05) is 19.0 Å². The van der Waals surface area contributed by atoms with Gasteiger partial charge in [0.25, 0.3) is 0 Å². The molecule has 5 heteroatoms. The van der Waals surface area contributed by atoms with Gasteiger partial charge in [-0.2, -0.15) is 0 Å². The van der Waals surface area contributed by atoms with Gasteiger partial charge in [-0.25, -0.2) is 0 Å². The summed E-state index contributed by atoms with van der Waals surface area (Å²) >= 11 is 0. The van der Waals surface area contributed by atoms with Crippen molar-refractivity contribution in [2.45, 2.75) is 69.9 Å². The van der Waals surface area contributed by atoms with Crippen LogP contribution in [0.5, 0.6) is 0 Å². The van der Waals surface area contributed by atoms with Crippen LogP contribution in [0.1, 0.15) is 56.9 Å². The molecule has 1 saturated heterocycles. The van der Waals surface area contributed by atoms with Gasteiger partial charge in [-0.15, -0.1) is 0 Å². The third-order valence-electron chi connectivity index (χ3n) is 7.34. The van der Waals surface area contributed by atoms with Crippen molar-refractivity contribution in [3.05, 3.63) is 48.0 Å². The summed E-state index contributed by atoms with van der Waals surface area (Å²) in [6.45, 7) is 1.23. The predicted octanol–water partition coefficient (Wildman–Crippen LogP) is 3.19. The van der Waals surface area contributed by atoms with Gasteiger partial charge in [0.1, 0.15) is 0 Å². The Bertz CT molecular complexity index is 770. The summed E-state index contributed by atoms with van der Waals surface area (Å²) in [6, 6.07) is 9.88. The summed E-state index contributed by atoms with van der Waals surface area (Å²) < 4.78 is 0. The first kappa shape index (κ1) is 21.1. The SMILES string of the molecule is NC1CC/C=C/CC2(CCCCC2)C(=O)N[C@@H]2CN(C[C@@H]2Cc2ccccc2)C1=O. The van der Waals surface area contributed by atoms with E-state index in [0.29, 0.717) is 19.5 Å². The molecule has 1 spiro atoms. The molecule has 2 amide bonds. The molecule has 30 heavy (non-hydrogen) atoms. The Morgan fingerprint density at radius 3 is 2.57 bits per heavy atom. The van der Waals surface area contributed by atoms with Crippen LogP contribution >= 0.6 is 0 Å². The molecule has 1 aromatic carbocycles. The molecule has 162 valence electrons. The van der Waals surface area contributed by atoms with E-state index < -0.39 is 6.04 Å². The van der Waals surface area contributed by atoms with Crippen LogP contribution in [0.15, 0.2) is 42.5 Å². The molecule has 5 nitrogen and oxygen atoms in total. The van der Waals surface area contributed by atoms with Crippen molar-refractivity contribution >= 4 is 11.8 Å². The molecular weight excluding hydrogens is 374 g/mol. The fourth-order valence-electron chi connectivity index (χ4n) is 5.47. The second kappa shape index (κ2) is 9.34. The second-order valence-corrected chi connectivity index (χ2v) is 9.47. The number of allylic oxidation sites excluding steroid dienone is 2. The van der Waals surface area contributed by atoms with E-state index in [0.717, 1.165) is 44.9 Å². The van der Waals surface area contributed by atoms with E-state index in [4.69, 9.17) is 5.73 Å². The summed E-state index contributed by atoms with van der Waals surface area (Å²) in [7, 11) is 0. The predicted molar refractivity (Wildman–Crippen MR) is 119 cm³/mol. The van der Waals surface area contributed by atoms with Gasteiger partial charge in [0.2, 0.25) is 11.8 Å². The number of carbonyl (C=O) groups is 2. The number of nitrogens with two attached hydrogens (primary N) is 1. The molecule has 0 radical (unpaired) electrons. The van der Waals surface area contributed by atoms with Crippen LogP contribution in [0.4, 0.5) is 0 Å². The van der Waals surface area contributed by atoms with Gasteiger partial charge in [0.15, 0.2) is 0 Å². The Morgan fingerprint density at radius 1 is 1.03 bits per heavy atom. The molecule has 0 aromatic heterocycles. The molecule has 1 aliphatic carbocycles. The lowest BCUT2D eigenvalue weighted by Gasteiger charge is -2.36.